The lowest BCUT2D eigenvalue weighted by Crippen LogP contribution is -2.49. The van der Waals surface area contributed by atoms with Gasteiger partial charge >= 0.3 is 0 Å². The first kappa shape index (κ1) is 29.2. The number of nitrogens with zero attached hydrogens (tertiary/aromatic N) is 3. The quantitative estimate of drug-likeness (QED) is 0.444. The molecule has 8 heteroatoms. The number of piperidine rings is 1. The fraction of sp³-hybridized carbons (Fsp3) is 0.406. The van der Waals surface area contributed by atoms with Gasteiger partial charge in [0.15, 0.2) is 0 Å². The number of hydrogen-bond acceptors (Lipinski definition) is 4. The molecule has 4 rings (SSSR count). The molecule has 40 heavy (non-hydrogen) atoms. The highest BCUT2D eigenvalue weighted by molar-refractivity contribution is 6.00. The number of carbonyl (C=O) groups excluding carboxylic acids is 2. The van der Waals surface area contributed by atoms with E-state index in [-0.39, 0.29) is 47.0 Å². The van der Waals surface area contributed by atoms with Crippen molar-refractivity contribution in [3.63, 3.8) is 0 Å². The minimum Gasteiger partial charge on any atom is -0.388 e. The van der Waals surface area contributed by atoms with Crippen molar-refractivity contribution >= 4 is 11.8 Å². The molecule has 1 saturated heterocycles. The standard InChI is InChI=1S/C32H38FN3O4/c1-22(2)34(4)31(39)27-20-36(30(38)19-26(27)25-12-8-9-13-28(25)33)21-32(40)14-16-35(17-15-32)29(37)18-23(3)24-10-6-5-7-11-24/h5-13,19-20,22-23,40H,14-18,21H2,1-4H3/t23-/m1/s1. The molecule has 2 amide bonds. The number of benzene rings is 2. The second-order valence-corrected chi connectivity index (χ2v) is 11.2. The second kappa shape index (κ2) is 12.2. The SMILES string of the molecule is CC(C)N(C)C(=O)c1cn(CC2(O)CCN(C(=O)C[C@@H](C)c3ccccc3)CC2)c(=O)cc1-c1ccccc1F. The summed E-state index contributed by atoms with van der Waals surface area (Å²) in [7, 11) is 1.66. The highest BCUT2D eigenvalue weighted by atomic mass is 19.1. The van der Waals surface area contributed by atoms with E-state index in [0.717, 1.165) is 5.56 Å². The van der Waals surface area contributed by atoms with Crippen LogP contribution in [0.1, 0.15) is 61.9 Å². The van der Waals surface area contributed by atoms with Crippen molar-refractivity contribution < 1.29 is 19.1 Å². The minimum atomic E-state index is -1.23. The molecular weight excluding hydrogens is 509 g/mol. The molecule has 0 spiro atoms. The van der Waals surface area contributed by atoms with Gasteiger partial charge in [-0.25, -0.2) is 4.39 Å². The molecule has 0 bridgehead atoms. The highest BCUT2D eigenvalue weighted by Gasteiger charge is 2.35. The van der Waals surface area contributed by atoms with Crippen LogP contribution in [0.4, 0.5) is 4.39 Å². The predicted molar refractivity (Wildman–Crippen MR) is 154 cm³/mol. The van der Waals surface area contributed by atoms with Crippen LogP contribution in [0, 0.1) is 5.82 Å². The molecule has 1 fully saturated rings. The van der Waals surface area contributed by atoms with Crippen molar-refractivity contribution in [1.82, 2.24) is 14.4 Å². The first-order valence-electron chi connectivity index (χ1n) is 13.8. The molecule has 1 aliphatic heterocycles. The van der Waals surface area contributed by atoms with Crippen LogP contribution in [0.15, 0.2) is 71.7 Å². The Bertz CT molecular complexity index is 1410. The molecule has 0 aliphatic carbocycles. The largest absolute Gasteiger partial charge is 0.388 e. The van der Waals surface area contributed by atoms with E-state index in [4.69, 9.17) is 0 Å². The first-order valence-corrected chi connectivity index (χ1v) is 13.8. The Balaban J connectivity index is 1.53. The third kappa shape index (κ3) is 6.50. The van der Waals surface area contributed by atoms with E-state index < -0.39 is 17.0 Å². The van der Waals surface area contributed by atoms with Crippen molar-refractivity contribution in [3.8, 4) is 11.1 Å². The minimum absolute atomic E-state index is 0.0303. The van der Waals surface area contributed by atoms with E-state index in [9.17, 15) is 23.9 Å². The van der Waals surface area contributed by atoms with Crippen molar-refractivity contribution in [2.24, 2.45) is 0 Å². The second-order valence-electron chi connectivity index (χ2n) is 11.2. The maximum Gasteiger partial charge on any atom is 0.255 e. The topological polar surface area (TPSA) is 82.8 Å². The normalized spacial score (nSPS) is 15.6. The molecule has 1 aromatic heterocycles. The van der Waals surface area contributed by atoms with Gasteiger partial charge < -0.3 is 19.5 Å². The van der Waals surface area contributed by atoms with E-state index in [1.54, 1.807) is 30.1 Å². The molecule has 7 nitrogen and oxygen atoms in total. The van der Waals surface area contributed by atoms with Crippen LogP contribution in [-0.2, 0) is 11.3 Å². The van der Waals surface area contributed by atoms with Gasteiger partial charge in [0.25, 0.3) is 11.5 Å². The zero-order valence-corrected chi connectivity index (χ0v) is 23.6. The Labute approximate surface area is 234 Å². The Kier molecular flexibility index (Phi) is 8.88. The number of amides is 2. The van der Waals surface area contributed by atoms with Gasteiger partial charge in [0.05, 0.1) is 17.7 Å². The summed E-state index contributed by atoms with van der Waals surface area (Å²) in [5.74, 6) is -0.754. The Morgan fingerprint density at radius 2 is 1.62 bits per heavy atom. The summed E-state index contributed by atoms with van der Waals surface area (Å²) < 4.78 is 16.0. The molecule has 3 aromatic rings. The first-order chi connectivity index (χ1) is 19.0. The molecule has 0 unspecified atom stereocenters. The number of pyridine rings is 1. The molecule has 2 heterocycles. The lowest BCUT2D eigenvalue weighted by molar-refractivity contribution is -0.136. The molecule has 1 aliphatic rings. The van der Waals surface area contributed by atoms with Crippen LogP contribution in [0.2, 0.25) is 0 Å². The van der Waals surface area contributed by atoms with E-state index in [0.29, 0.717) is 32.4 Å². The van der Waals surface area contributed by atoms with Crippen LogP contribution in [0.3, 0.4) is 0 Å². The summed E-state index contributed by atoms with van der Waals surface area (Å²) in [5, 5.41) is 11.4. The number of carbonyl (C=O) groups is 2. The zero-order valence-electron chi connectivity index (χ0n) is 23.6. The monoisotopic (exact) mass is 547 g/mol. The van der Waals surface area contributed by atoms with Crippen molar-refractivity contribution in [2.45, 2.75) is 64.1 Å². The van der Waals surface area contributed by atoms with Crippen LogP contribution in [0.25, 0.3) is 11.1 Å². The molecule has 1 atom stereocenters. The fourth-order valence-electron chi connectivity index (χ4n) is 5.13. The van der Waals surface area contributed by atoms with E-state index >= 15 is 0 Å². The van der Waals surface area contributed by atoms with Gasteiger partial charge in [-0.1, -0.05) is 55.5 Å². The third-order valence-electron chi connectivity index (χ3n) is 7.98. The number of likely N-dealkylation sites (tertiary alicyclic amines) is 1. The molecule has 0 saturated carbocycles. The smallest absolute Gasteiger partial charge is 0.255 e. The van der Waals surface area contributed by atoms with Gasteiger partial charge in [-0.15, -0.1) is 0 Å². The number of hydrogen-bond donors (Lipinski definition) is 1. The highest BCUT2D eigenvalue weighted by Crippen LogP contribution is 2.29. The summed E-state index contributed by atoms with van der Waals surface area (Å²) in [6, 6.07) is 17.1. The Morgan fingerprint density at radius 3 is 2.25 bits per heavy atom. The molecular formula is C32H38FN3O4. The van der Waals surface area contributed by atoms with Gasteiger partial charge in [0.2, 0.25) is 5.91 Å². The van der Waals surface area contributed by atoms with Gasteiger partial charge in [0, 0.05) is 56.0 Å². The van der Waals surface area contributed by atoms with Crippen molar-refractivity contribution in [2.75, 3.05) is 20.1 Å². The lowest BCUT2D eigenvalue weighted by Gasteiger charge is -2.39. The maximum atomic E-state index is 14.7. The third-order valence-corrected chi connectivity index (χ3v) is 7.98. The molecule has 0 radical (unpaired) electrons. The number of halogens is 1. The maximum absolute atomic E-state index is 14.7. The van der Waals surface area contributed by atoms with Gasteiger partial charge in [-0.3, -0.25) is 14.4 Å². The van der Waals surface area contributed by atoms with Gasteiger partial charge in [-0.05, 0) is 44.2 Å². The molecule has 1 N–H and O–H groups in total. The average molecular weight is 548 g/mol. The Morgan fingerprint density at radius 1 is 1.00 bits per heavy atom. The summed E-state index contributed by atoms with van der Waals surface area (Å²) in [6.45, 7) is 6.49. The van der Waals surface area contributed by atoms with Gasteiger partial charge in [-0.2, -0.15) is 0 Å². The summed E-state index contributed by atoms with van der Waals surface area (Å²) in [4.78, 5) is 42.9. The molecule has 212 valence electrons. The van der Waals surface area contributed by atoms with Crippen LogP contribution >= 0.6 is 0 Å². The van der Waals surface area contributed by atoms with Crippen LogP contribution in [0.5, 0.6) is 0 Å². The lowest BCUT2D eigenvalue weighted by atomic mass is 9.90. The summed E-state index contributed by atoms with van der Waals surface area (Å²) >= 11 is 0. The molecule has 2 aromatic carbocycles. The predicted octanol–water partition coefficient (Wildman–Crippen LogP) is 4.68. The number of rotatable bonds is 8. The average Bonchev–Trinajstić information content (AvgIpc) is 2.94. The van der Waals surface area contributed by atoms with E-state index in [1.807, 2.05) is 51.1 Å². The van der Waals surface area contributed by atoms with E-state index in [2.05, 4.69) is 0 Å². The number of aliphatic hydroxyl groups is 1. The summed E-state index contributed by atoms with van der Waals surface area (Å²) in [5.41, 5.74) is 0.0167. The Hall–Kier alpha value is -3.78. The number of aromatic nitrogens is 1. The van der Waals surface area contributed by atoms with Crippen LogP contribution < -0.4 is 5.56 Å². The zero-order chi connectivity index (χ0) is 29.0. The van der Waals surface area contributed by atoms with E-state index in [1.165, 1.54) is 27.8 Å². The van der Waals surface area contributed by atoms with Gasteiger partial charge in [0.1, 0.15) is 5.82 Å². The van der Waals surface area contributed by atoms with Crippen LogP contribution in [-0.4, -0.2) is 63.1 Å². The fourth-order valence-corrected chi connectivity index (χ4v) is 5.13. The summed E-state index contributed by atoms with van der Waals surface area (Å²) in [6.07, 6.45) is 2.42. The van der Waals surface area contributed by atoms with Crippen molar-refractivity contribution in [3.05, 3.63) is 94.2 Å². The van der Waals surface area contributed by atoms with Crippen molar-refractivity contribution in [1.29, 1.82) is 0 Å².